The van der Waals surface area contributed by atoms with Crippen molar-refractivity contribution < 1.29 is 39.9 Å². The molecule has 10 saturated carbocycles. The first-order valence-corrected chi connectivity index (χ1v) is 28.6. The van der Waals surface area contributed by atoms with Gasteiger partial charge in [0.05, 0.1) is 52.5 Å². The van der Waals surface area contributed by atoms with Gasteiger partial charge in [-0.3, -0.25) is 4.79 Å². The van der Waals surface area contributed by atoms with Crippen LogP contribution in [-0.2, 0) is 14.3 Å². The molecule has 12 fully saturated rings. The Morgan fingerprint density at radius 2 is 0.871 bits per heavy atom. The Kier molecular flexibility index (Phi) is 11.8. The van der Waals surface area contributed by atoms with E-state index in [-0.39, 0.29) is 94.6 Å². The summed E-state index contributed by atoms with van der Waals surface area (Å²) in [7, 11) is 0. The number of aliphatic hydroxyl groups excluding tert-OH is 2. The molecule has 12 rings (SSSR count). The number of Topliss-reactive ketones (excluding diaryl/α,β-unsaturated/α-hetero) is 1. The Labute approximate surface area is 441 Å². The number of hydrogen-bond acceptors (Lipinski definition) is 9. The summed E-state index contributed by atoms with van der Waals surface area (Å²) in [5.41, 5.74) is 0.0788. The van der Waals surface area contributed by atoms with Crippen molar-refractivity contribution in [2.75, 3.05) is 0 Å². The molecule has 2 saturated heterocycles. The van der Waals surface area contributed by atoms with Crippen LogP contribution in [0, 0.1) is 89.7 Å². The molecule has 0 amide bonds. The van der Waals surface area contributed by atoms with E-state index in [1.54, 1.807) is 0 Å². The number of oxime groups is 1. The molecule has 70 heavy (non-hydrogen) atoms. The number of carbonyl (C=O) groups excluding carboxylic acids is 1. The minimum absolute atomic E-state index is 0. The Bertz CT molecular complexity index is 2180. The summed E-state index contributed by atoms with van der Waals surface area (Å²) >= 11 is 0. The molecule has 10 heteroatoms. The van der Waals surface area contributed by atoms with Gasteiger partial charge in [0.1, 0.15) is 5.78 Å². The zero-order chi connectivity index (χ0) is 50.2. The normalized spacial score (nSPS) is 57.1. The van der Waals surface area contributed by atoms with Gasteiger partial charge in [0.15, 0.2) is 0 Å². The Balaban J connectivity index is 0.000000160. The van der Waals surface area contributed by atoms with Crippen molar-refractivity contribution >= 4 is 37.3 Å². The van der Waals surface area contributed by atoms with Crippen LogP contribution in [0.25, 0.3) is 0 Å². The molecule has 20 atom stereocenters. The maximum atomic E-state index is 12.9. The summed E-state index contributed by atoms with van der Waals surface area (Å²) in [6.07, 6.45) is 20.5. The van der Waals surface area contributed by atoms with Crippen LogP contribution in [0.5, 0.6) is 0 Å². The summed E-state index contributed by atoms with van der Waals surface area (Å²) in [5, 5.41) is 58.3. The second kappa shape index (κ2) is 15.5. The molecular weight excluding hydrogens is 977 g/mol. The van der Waals surface area contributed by atoms with Crippen LogP contribution in [0.3, 0.4) is 0 Å². The van der Waals surface area contributed by atoms with E-state index in [9.17, 15) is 30.4 Å². The van der Waals surface area contributed by atoms with Crippen LogP contribution in [0.1, 0.15) is 225 Å². The molecule has 12 aliphatic rings. The SMILES string of the molecule is CC1(C)/C(=N/O)CC[C@]23C[C@]24CC[C@]2(C)C([C@]5(C)CC[C@H](C(C)(C)O)O5)[C@@H](O)C[C@@]2(C)C4CCC13.CC1(C)C(=O)CC[C@]23C[C@]24CC[C@]2(C)C([C@]5(C)CC[C@H](C(C)(C)O)O5)[C@@H](O)C[C@@]2(C)C4CCC13.[InH3]. The molecule has 2 heterocycles. The standard InChI is InChI=1S/C30H49NO4.C30H48O4.In.3H/c1-24(2)19-8-9-20-27(6)16-18(32)23(28(7)12-11-22(35-28)25(3,4)33)26(27,5)14-15-30(20)17-29(19,30)13-10-21(24)31-34;1-24(2)19-8-9-20-27(6)16-18(31)23(28(7)12-11-22(34-28)25(3,4)33)26(27,5)14-15-30(20)17-29(19,30)13-10-21(24)32;;;;/h18-20,22-23,32-34H,8-17H2,1-7H3;18-20,22-23,31,33H,8-17H2,1-7H3;;;;/b31-21+;;;;;/t2*18-,19?,20?,22+,23?,26+,27-,28-,29+,30-;;;;/m00..../s1. The van der Waals surface area contributed by atoms with Crippen LogP contribution in [-0.4, -0.2) is 110 Å². The average Bonchev–Trinajstić information content (AvgIpc) is 3.83. The predicted octanol–water partition coefficient (Wildman–Crippen LogP) is 10.4. The Morgan fingerprint density at radius 3 is 1.26 bits per heavy atom. The quantitative estimate of drug-likeness (QED) is 0.138. The van der Waals surface area contributed by atoms with Crippen molar-refractivity contribution in [1.82, 2.24) is 0 Å². The van der Waals surface area contributed by atoms with Crippen molar-refractivity contribution in [2.24, 2.45) is 94.8 Å². The number of ketones is 1. The van der Waals surface area contributed by atoms with Crippen molar-refractivity contribution in [2.45, 2.75) is 272 Å². The molecule has 0 bridgehead atoms. The third kappa shape index (κ3) is 6.37. The van der Waals surface area contributed by atoms with Gasteiger partial charge in [0.25, 0.3) is 0 Å². The molecule has 6 unspecified atom stereocenters. The second-order valence-corrected chi connectivity index (χ2v) is 31.1. The molecule has 2 aliphatic heterocycles. The first kappa shape index (κ1) is 53.2. The van der Waals surface area contributed by atoms with Crippen LogP contribution in [0.2, 0.25) is 0 Å². The van der Waals surface area contributed by atoms with Gasteiger partial charge in [0.2, 0.25) is 0 Å². The fraction of sp³-hybridized carbons (Fsp3) is 0.967. The van der Waals surface area contributed by atoms with E-state index < -0.39 is 22.4 Å². The van der Waals surface area contributed by atoms with Gasteiger partial charge >= 0.3 is 25.8 Å². The number of rotatable bonds is 4. The molecular formula is C60H100InNO8. The van der Waals surface area contributed by atoms with Crippen LogP contribution >= 0.6 is 0 Å². The first-order chi connectivity index (χ1) is 31.7. The molecule has 396 valence electrons. The van der Waals surface area contributed by atoms with Crippen LogP contribution in [0.4, 0.5) is 0 Å². The summed E-state index contributed by atoms with van der Waals surface area (Å²) < 4.78 is 13.4. The van der Waals surface area contributed by atoms with Gasteiger partial charge in [-0.05, 0) is 231 Å². The Hall–Kier alpha value is -0.230. The van der Waals surface area contributed by atoms with Gasteiger partial charge in [-0.2, -0.15) is 0 Å². The third-order valence-electron chi connectivity index (χ3n) is 27.3. The summed E-state index contributed by atoms with van der Waals surface area (Å²) in [6, 6.07) is 0. The van der Waals surface area contributed by atoms with E-state index in [0.29, 0.717) is 51.1 Å². The van der Waals surface area contributed by atoms with E-state index >= 15 is 0 Å². The van der Waals surface area contributed by atoms with E-state index in [0.717, 1.165) is 76.3 Å². The van der Waals surface area contributed by atoms with Gasteiger partial charge in [-0.25, -0.2) is 0 Å². The number of nitrogens with zero attached hydrogens (tertiary/aromatic N) is 1. The van der Waals surface area contributed by atoms with E-state index in [2.05, 4.69) is 74.4 Å². The maximum absolute atomic E-state index is 12.9. The van der Waals surface area contributed by atoms with Crippen molar-refractivity contribution in [3.63, 3.8) is 0 Å². The first-order valence-electron chi connectivity index (χ1n) is 28.6. The van der Waals surface area contributed by atoms with Crippen LogP contribution < -0.4 is 0 Å². The third-order valence-corrected chi connectivity index (χ3v) is 27.3. The summed E-state index contributed by atoms with van der Waals surface area (Å²) in [5.74, 6) is 3.11. The molecule has 0 radical (unpaired) electrons. The van der Waals surface area contributed by atoms with Gasteiger partial charge in [-0.1, -0.05) is 60.5 Å². The zero-order valence-electron chi connectivity index (χ0n) is 45.8. The van der Waals surface area contributed by atoms with Crippen molar-refractivity contribution in [3.05, 3.63) is 0 Å². The minimum atomic E-state index is -0.856. The zero-order valence-corrected chi connectivity index (χ0v) is 45.8. The van der Waals surface area contributed by atoms with Gasteiger partial charge in [-0.15, -0.1) is 0 Å². The van der Waals surface area contributed by atoms with Gasteiger partial charge < -0.3 is 35.1 Å². The second-order valence-electron chi connectivity index (χ2n) is 31.1. The molecule has 5 N–H and O–H groups in total. The van der Waals surface area contributed by atoms with Crippen molar-refractivity contribution in [1.29, 1.82) is 0 Å². The van der Waals surface area contributed by atoms with Crippen LogP contribution in [0.15, 0.2) is 5.16 Å². The topological polar surface area (TPSA) is 149 Å². The number of hydrogen-bond donors (Lipinski definition) is 5. The number of fused-ring (bicyclic) bond motifs is 4. The molecule has 0 aromatic rings. The Morgan fingerprint density at radius 1 is 0.500 bits per heavy atom. The van der Waals surface area contributed by atoms with E-state index in [4.69, 9.17) is 9.47 Å². The predicted molar refractivity (Wildman–Crippen MR) is 278 cm³/mol. The number of carbonyl (C=O) groups is 1. The molecule has 9 nitrogen and oxygen atoms in total. The fourth-order valence-corrected chi connectivity index (χ4v) is 24.0. The molecule has 0 aromatic carbocycles. The molecule has 0 aromatic heterocycles. The molecule has 4 spiro atoms. The monoisotopic (exact) mass is 1080 g/mol. The van der Waals surface area contributed by atoms with E-state index in [1.807, 2.05) is 27.7 Å². The average molecular weight is 1080 g/mol. The number of aliphatic hydroxyl groups is 4. The summed E-state index contributed by atoms with van der Waals surface area (Å²) in [6.45, 7) is 31.0. The van der Waals surface area contributed by atoms with Crippen molar-refractivity contribution in [3.8, 4) is 0 Å². The summed E-state index contributed by atoms with van der Waals surface area (Å²) in [4.78, 5) is 12.9. The number of ether oxygens (including phenoxy) is 2. The molecule has 10 aliphatic carbocycles. The van der Waals surface area contributed by atoms with E-state index in [1.165, 1.54) is 57.8 Å². The van der Waals surface area contributed by atoms with Gasteiger partial charge in [0, 0.05) is 29.1 Å². The fourth-order valence-electron chi connectivity index (χ4n) is 24.0.